The molecule has 6 heteroatoms. The van der Waals surface area contributed by atoms with Crippen LogP contribution in [0, 0.1) is 0 Å². The maximum absolute atomic E-state index is 12.9. The van der Waals surface area contributed by atoms with Crippen LogP contribution < -0.4 is 5.32 Å². The summed E-state index contributed by atoms with van der Waals surface area (Å²) in [7, 11) is 3.99. The summed E-state index contributed by atoms with van der Waals surface area (Å²) in [5.41, 5.74) is 1.27. The van der Waals surface area contributed by atoms with E-state index in [9.17, 15) is 9.59 Å². The summed E-state index contributed by atoms with van der Waals surface area (Å²) < 4.78 is 0. The third kappa shape index (κ3) is 7.15. The van der Waals surface area contributed by atoms with Gasteiger partial charge in [0.05, 0.1) is 4.88 Å². The van der Waals surface area contributed by atoms with Crippen molar-refractivity contribution in [3.8, 4) is 0 Å². The molecule has 0 aliphatic heterocycles. The number of thiophene rings is 1. The Bertz CT molecular complexity index is 701. The quantitative estimate of drug-likeness (QED) is 0.682. The van der Waals surface area contributed by atoms with Gasteiger partial charge < -0.3 is 15.1 Å². The van der Waals surface area contributed by atoms with Crippen molar-refractivity contribution in [3.05, 3.63) is 58.3 Å². The average molecular weight is 388 g/mol. The van der Waals surface area contributed by atoms with Gasteiger partial charge in [0.15, 0.2) is 0 Å². The Hall–Kier alpha value is -2.18. The summed E-state index contributed by atoms with van der Waals surface area (Å²) in [6.07, 6.45) is 1.83. The predicted octanol–water partition coefficient (Wildman–Crippen LogP) is 2.89. The van der Waals surface area contributed by atoms with Gasteiger partial charge in [-0.25, -0.2) is 0 Å². The third-order valence-electron chi connectivity index (χ3n) is 4.33. The zero-order chi connectivity index (χ0) is 19.6. The van der Waals surface area contributed by atoms with Crippen LogP contribution in [0.5, 0.6) is 0 Å². The Labute approximate surface area is 166 Å². The predicted molar refractivity (Wildman–Crippen MR) is 111 cm³/mol. The Kier molecular flexibility index (Phi) is 8.48. The van der Waals surface area contributed by atoms with Gasteiger partial charge in [-0.1, -0.05) is 36.4 Å². The highest BCUT2D eigenvalue weighted by molar-refractivity contribution is 7.12. The number of nitrogens with zero attached hydrogens (tertiary/aromatic N) is 2. The van der Waals surface area contributed by atoms with Crippen LogP contribution in [0.15, 0.2) is 47.8 Å². The summed E-state index contributed by atoms with van der Waals surface area (Å²) in [6.45, 7) is 3.89. The van der Waals surface area contributed by atoms with Crippen molar-refractivity contribution in [2.24, 2.45) is 0 Å². The molecule has 27 heavy (non-hydrogen) atoms. The number of hydrogen-bond acceptors (Lipinski definition) is 4. The molecule has 146 valence electrons. The minimum atomic E-state index is -0.543. The number of benzene rings is 1. The molecule has 2 aromatic rings. The van der Waals surface area contributed by atoms with Gasteiger partial charge in [-0.05, 0) is 50.9 Å². The smallest absolute Gasteiger partial charge is 0.261 e. The fourth-order valence-corrected chi connectivity index (χ4v) is 3.41. The van der Waals surface area contributed by atoms with Crippen LogP contribution in [0.25, 0.3) is 0 Å². The van der Waals surface area contributed by atoms with Gasteiger partial charge in [0.25, 0.3) is 5.91 Å². The molecule has 1 atom stereocenters. The molecule has 2 rings (SSSR count). The summed E-state index contributed by atoms with van der Waals surface area (Å²) in [5, 5.41) is 4.68. The van der Waals surface area contributed by atoms with Crippen molar-refractivity contribution in [2.45, 2.75) is 25.8 Å². The van der Waals surface area contributed by atoms with E-state index >= 15 is 0 Å². The fourth-order valence-electron chi connectivity index (χ4n) is 2.78. The van der Waals surface area contributed by atoms with E-state index in [0.717, 1.165) is 19.4 Å². The average Bonchev–Trinajstić information content (AvgIpc) is 3.19. The highest BCUT2D eigenvalue weighted by Gasteiger charge is 2.22. The molecule has 1 aromatic carbocycles. The van der Waals surface area contributed by atoms with Crippen molar-refractivity contribution in [3.63, 3.8) is 0 Å². The largest absolute Gasteiger partial charge is 0.340 e. The van der Waals surface area contributed by atoms with E-state index in [1.165, 1.54) is 16.9 Å². The van der Waals surface area contributed by atoms with Gasteiger partial charge in [-0.2, -0.15) is 0 Å². The van der Waals surface area contributed by atoms with Crippen LogP contribution >= 0.6 is 11.3 Å². The summed E-state index contributed by atoms with van der Waals surface area (Å²) in [6, 6.07) is 13.3. The standard InChI is InChI=1S/C21H29N3O2S/c1-17(22-20(25)19-12-8-16-27-19)21(26)24(15-14-23(2)3)13-7-11-18-9-5-4-6-10-18/h4-6,8-10,12,16-17H,7,11,13-15H2,1-3H3,(H,22,25). The molecule has 0 saturated heterocycles. The molecule has 5 nitrogen and oxygen atoms in total. The second-order valence-electron chi connectivity index (χ2n) is 6.89. The van der Waals surface area contributed by atoms with E-state index < -0.39 is 6.04 Å². The number of carbonyl (C=O) groups excluding carboxylic acids is 2. The molecule has 0 aliphatic carbocycles. The number of amides is 2. The fraction of sp³-hybridized carbons (Fsp3) is 0.429. The molecule has 0 bridgehead atoms. The first kappa shape index (κ1) is 21.1. The van der Waals surface area contributed by atoms with Crippen LogP contribution in [0.3, 0.4) is 0 Å². The lowest BCUT2D eigenvalue weighted by atomic mass is 10.1. The van der Waals surface area contributed by atoms with Gasteiger partial charge in [0.2, 0.25) is 5.91 Å². The van der Waals surface area contributed by atoms with Crippen LogP contribution in [0.1, 0.15) is 28.6 Å². The van der Waals surface area contributed by atoms with E-state index in [2.05, 4.69) is 22.3 Å². The molecule has 1 aromatic heterocycles. The maximum atomic E-state index is 12.9. The van der Waals surface area contributed by atoms with E-state index in [4.69, 9.17) is 0 Å². The molecule has 1 heterocycles. The molecule has 0 spiro atoms. The van der Waals surface area contributed by atoms with Crippen LogP contribution in [-0.2, 0) is 11.2 Å². The zero-order valence-corrected chi connectivity index (χ0v) is 17.2. The Morgan fingerprint density at radius 2 is 1.78 bits per heavy atom. The van der Waals surface area contributed by atoms with Crippen molar-refractivity contribution in [1.82, 2.24) is 15.1 Å². The van der Waals surface area contributed by atoms with E-state index in [1.54, 1.807) is 13.0 Å². The lowest BCUT2D eigenvalue weighted by Gasteiger charge is -2.27. The molecular weight excluding hydrogens is 358 g/mol. The van der Waals surface area contributed by atoms with E-state index in [-0.39, 0.29) is 11.8 Å². The summed E-state index contributed by atoms with van der Waals surface area (Å²) >= 11 is 1.38. The summed E-state index contributed by atoms with van der Waals surface area (Å²) in [5.74, 6) is -0.225. The van der Waals surface area contributed by atoms with Crippen LogP contribution in [0.2, 0.25) is 0 Å². The first-order chi connectivity index (χ1) is 13.0. The number of aryl methyl sites for hydroxylation is 1. The topological polar surface area (TPSA) is 52.7 Å². The molecule has 0 radical (unpaired) electrons. The highest BCUT2D eigenvalue weighted by Crippen LogP contribution is 2.09. The normalized spacial score (nSPS) is 12.0. The number of rotatable bonds is 10. The van der Waals surface area contributed by atoms with E-state index in [0.29, 0.717) is 18.0 Å². The highest BCUT2D eigenvalue weighted by atomic mass is 32.1. The second kappa shape index (κ2) is 10.8. The molecule has 0 saturated carbocycles. The number of hydrogen-bond donors (Lipinski definition) is 1. The van der Waals surface area contributed by atoms with Crippen molar-refractivity contribution >= 4 is 23.2 Å². The molecule has 0 aliphatic rings. The Morgan fingerprint density at radius 3 is 2.41 bits per heavy atom. The van der Waals surface area contributed by atoms with Crippen molar-refractivity contribution in [1.29, 1.82) is 0 Å². The van der Waals surface area contributed by atoms with Crippen LogP contribution in [0.4, 0.5) is 0 Å². The van der Waals surface area contributed by atoms with Crippen molar-refractivity contribution in [2.75, 3.05) is 33.7 Å². The number of nitrogens with one attached hydrogen (secondary N) is 1. The van der Waals surface area contributed by atoms with Gasteiger partial charge in [-0.15, -0.1) is 11.3 Å². The summed E-state index contributed by atoms with van der Waals surface area (Å²) in [4.78, 5) is 29.7. The minimum Gasteiger partial charge on any atom is -0.340 e. The van der Waals surface area contributed by atoms with Crippen LogP contribution in [-0.4, -0.2) is 61.4 Å². The van der Waals surface area contributed by atoms with Gasteiger partial charge in [-0.3, -0.25) is 9.59 Å². The van der Waals surface area contributed by atoms with Crippen molar-refractivity contribution < 1.29 is 9.59 Å². The first-order valence-corrected chi connectivity index (χ1v) is 10.2. The SMILES string of the molecule is CC(NC(=O)c1cccs1)C(=O)N(CCCc1ccccc1)CCN(C)C. The van der Waals surface area contributed by atoms with Gasteiger partial charge in [0.1, 0.15) is 6.04 Å². The number of likely N-dealkylation sites (N-methyl/N-ethyl adjacent to an activating group) is 1. The van der Waals surface area contributed by atoms with Gasteiger partial charge >= 0.3 is 0 Å². The molecule has 0 fully saturated rings. The Balaban J connectivity index is 1.91. The zero-order valence-electron chi connectivity index (χ0n) is 16.4. The lowest BCUT2D eigenvalue weighted by molar-refractivity contribution is -0.133. The first-order valence-electron chi connectivity index (χ1n) is 9.29. The Morgan fingerprint density at radius 1 is 1.04 bits per heavy atom. The second-order valence-corrected chi connectivity index (χ2v) is 7.84. The van der Waals surface area contributed by atoms with Gasteiger partial charge in [0, 0.05) is 19.6 Å². The lowest BCUT2D eigenvalue weighted by Crippen LogP contribution is -2.48. The van der Waals surface area contributed by atoms with E-state index in [1.807, 2.05) is 48.6 Å². The maximum Gasteiger partial charge on any atom is 0.261 e. The minimum absolute atomic E-state index is 0.0326. The third-order valence-corrected chi connectivity index (χ3v) is 5.20. The monoisotopic (exact) mass is 387 g/mol. The molecule has 1 unspecified atom stereocenters. The molecule has 1 N–H and O–H groups in total. The molecular formula is C21H29N3O2S. The molecule has 2 amide bonds. The number of carbonyl (C=O) groups is 2.